The molecule has 4 amide bonds. The Morgan fingerprint density at radius 1 is 0.938 bits per heavy atom. The van der Waals surface area contributed by atoms with Crippen molar-refractivity contribution in [2.24, 2.45) is 0 Å². The largest absolute Gasteiger partial charge is 0.389 e. The zero-order valence-corrected chi connectivity index (χ0v) is 8.21. The SMILES string of the molecule is O=C1CCC(=O)N1O[N+]1(O)C(=O)CCC1=O. The molecule has 0 aromatic carbocycles. The van der Waals surface area contributed by atoms with E-state index >= 15 is 0 Å². The number of imide groups is 2. The monoisotopic (exact) mass is 229 g/mol. The Bertz CT molecular complexity index is 371. The number of amides is 4. The van der Waals surface area contributed by atoms with E-state index < -0.39 is 28.4 Å². The molecule has 0 aromatic rings. The Kier molecular flexibility index (Phi) is 2.34. The highest BCUT2D eigenvalue weighted by Crippen LogP contribution is 2.24. The van der Waals surface area contributed by atoms with E-state index in [0.29, 0.717) is 0 Å². The number of rotatable bonds is 2. The Labute approximate surface area is 89.4 Å². The summed E-state index contributed by atoms with van der Waals surface area (Å²) in [6.45, 7) is 0. The fourth-order valence-corrected chi connectivity index (χ4v) is 1.51. The minimum absolute atomic E-state index is 0.0544. The molecule has 2 aliphatic rings. The van der Waals surface area contributed by atoms with Gasteiger partial charge in [0.05, 0.1) is 12.8 Å². The zero-order valence-electron chi connectivity index (χ0n) is 8.21. The van der Waals surface area contributed by atoms with Crippen LogP contribution in [0.15, 0.2) is 0 Å². The number of hydroxylamine groups is 6. The summed E-state index contributed by atoms with van der Waals surface area (Å²) < 4.78 is 0. The molecular formula is C8H9N2O6+. The van der Waals surface area contributed by atoms with Gasteiger partial charge in [-0.05, 0) is 4.94 Å². The van der Waals surface area contributed by atoms with E-state index in [4.69, 9.17) is 0 Å². The van der Waals surface area contributed by atoms with Crippen molar-refractivity contribution < 1.29 is 34.1 Å². The van der Waals surface area contributed by atoms with Gasteiger partial charge in [0.15, 0.2) is 0 Å². The summed E-state index contributed by atoms with van der Waals surface area (Å²) in [5, 5.41) is 9.87. The summed E-state index contributed by atoms with van der Waals surface area (Å²) >= 11 is 0. The zero-order chi connectivity index (χ0) is 11.9. The van der Waals surface area contributed by atoms with E-state index in [1.165, 1.54) is 0 Å². The van der Waals surface area contributed by atoms with E-state index in [1.54, 1.807) is 0 Å². The van der Waals surface area contributed by atoms with Gasteiger partial charge in [-0.25, -0.2) is 9.59 Å². The van der Waals surface area contributed by atoms with Gasteiger partial charge in [0.2, 0.25) is 0 Å². The quantitative estimate of drug-likeness (QED) is 0.371. The van der Waals surface area contributed by atoms with Crippen molar-refractivity contribution in [1.82, 2.24) is 5.06 Å². The molecule has 2 saturated heterocycles. The van der Waals surface area contributed by atoms with Crippen LogP contribution in [0.1, 0.15) is 25.7 Å². The lowest BCUT2D eigenvalue weighted by molar-refractivity contribution is -1.15. The van der Waals surface area contributed by atoms with Crippen molar-refractivity contribution in [2.75, 3.05) is 0 Å². The van der Waals surface area contributed by atoms with Gasteiger partial charge in [0.25, 0.3) is 11.8 Å². The summed E-state index contributed by atoms with van der Waals surface area (Å²) in [6, 6.07) is 0. The van der Waals surface area contributed by atoms with Crippen LogP contribution in [0, 0.1) is 0 Å². The molecule has 0 aliphatic carbocycles. The van der Waals surface area contributed by atoms with Crippen molar-refractivity contribution in [2.45, 2.75) is 25.7 Å². The van der Waals surface area contributed by atoms with E-state index in [0.717, 1.165) is 0 Å². The molecule has 0 radical (unpaired) electrons. The van der Waals surface area contributed by atoms with Crippen LogP contribution in [0.3, 0.4) is 0 Å². The van der Waals surface area contributed by atoms with Crippen LogP contribution in [-0.2, 0) is 24.1 Å². The second-order valence-electron chi connectivity index (χ2n) is 3.53. The third kappa shape index (κ3) is 1.43. The number of nitrogens with zero attached hydrogens (tertiary/aromatic N) is 2. The van der Waals surface area contributed by atoms with E-state index in [1.807, 2.05) is 0 Å². The normalized spacial score (nSPS) is 24.7. The first-order valence-electron chi connectivity index (χ1n) is 4.69. The van der Waals surface area contributed by atoms with Gasteiger partial charge in [0, 0.05) is 12.8 Å². The maximum atomic E-state index is 11.2. The average molecular weight is 229 g/mol. The van der Waals surface area contributed by atoms with Crippen LogP contribution in [0.25, 0.3) is 0 Å². The molecule has 0 atom stereocenters. The average Bonchev–Trinajstić information content (AvgIpc) is 2.67. The van der Waals surface area contributed by atoms with Crippen LogP contribution in [0.5, 0.6) is 0 Å². The Morgan fingerprint density at radius 3 is 1.81 bits per heavy atom. The first-order valence-corrected chi connectivity index (χ1v) is 4.69. The fraction of sp³-hybridized carbons (Fsp3) is 0.500. The van der Waals surface area contributed by atoms with Crippen molar-refractivity contribution >= 4 is 23.6 Å². The van der Waals surface area contributed by atoms with Gasteiger partial charge in [-0.2, -0.15) is 5.21 Å². The Morgan fingerprint density at radius 2 is 1.38 bits per heavy atom. The maximum absolute atomic E-state index is 11.2. The van der Waals surface area contributed by atoms with Crippen LogP contribution in [0.4, 0.5) is 0 Å². The molecule has 0 aromatic heterocycles. The molecule has 2 rings (SSSR count). The van der Waals surface area contributed by atoms with Crippen LogP contribution in [0.2, 0.25) is 0 Å². The van der Waals surface area contributed by atoms with E-state index in [9.17, 15) is 24.4 Å². The highest BCUT2D eigenvalue weighted by atomic mass is 17.0. The number of quaternary nitrogens is 1. The first kappa shape index (κ1) is 10.9. The second-order valence-corrected chi connectivity index (χ2v) is 3.53. The molecule has 2 heterocycles. The summed E-state index contributed by atoms with van der Waals surface area (Å²) in [6.07, 6.45) is -0.459. The molecule has 2 fully saturated rings. The highest BCUT2D eigenvalue weighted by molar-refractivity contribution is 6.00. The number of carbonyl (C=O) groups is 4. The molecule has 16 heavy (non-hydrogen) atoms. The summed E-state index contributed by atoms with van der Waals surface area (Å²) in [4.78, 5) is 47.4. The number of hydrogen-bond donors (Lipinski definition) is 1. The first-order chi connectivity index (χ1) is 7.45. The summed E-state index contributed by atoms with van der Waals surface area (Å²) in [5.74, 6) is -3.14. The highest BCUT2D eigenvalue weighted by Gasteiger charge is 2.57. The summed E-state index contributed by atoms with van der Waals surface area (Å²) in [5.41, 5.74) is 0. The molecule has 0 unspecified atom stereocenters. The molecule has 0 bridgehead atoms. The van der Waals surface area contributed by atoms with Crippen LogP contribution in [-0.4, -0.2) is 38.7 Å². The molecule has 0 spiro atoms. The van der Waals surface area contributed by atoms with Gasteiger partial charge in [-0.1, -0.05) is 5.06 Å². The van der Waals surface area contributed by atoms with Gasteiger partial charge in [-0.15, -0.1) is 0 Å². The molecule has 86 valence electrons. The topological polar surface area (TPSA) is 101 Å². The van der Waals surface area contributed by atoms with Gasteiger partial charge in [-0.3, -0.25) is 9.59 Å². The second kappa shape index (κ2) is 3.44. The smallest absolute Gasteiger partial charge is 0.272 e. The maximum Gasteiger partial charge on any atom is 0.389 e. The lowest BCUT2D eigenvalue weighted by Crippen LogP contribution is -2.54. The molecule has 2 aliphatic heterocycles. The Balaban J connectivity index is 2.20. The molecular weight excluding hydrogens is 220 g/mol. The molecule has 0 saturated carbocycles. The third-order valence-corrected chi connectivity index (χ3v) is 2.43. The van der Waals surface area contributed by atoms with Crippen LogP contribution >= 0.6 is 0 Å². The summed E-state index contributed by atoms with van der Waals surface area (Å²) in [7, 11) is 0. The third-order valence-electron chi connectivity index (χ3n) is 2.43. The van der Waals surface area contributed by atoms with Gasteiger partial charge < -0.3 is 0 Å². The standard InChI is InChI=1S/C8H9N2O6/c11-5-1-2-6(12)9(5)16-10(15)7(13)3-4-8(10)14/h15H,1-4H2/q+1. The molecule has 8 nitrogen and oxygen atoms in total. The predicted octanol–water partition coefficient (Wildman–Crippen LogP) is -0.965. The van der Waals surface area contributed by atoms with E-state index in [2.05, 4.69) is 4.94 Å². The van der Waals surface area contributed by atoms with Gasteiger partial charge >= 0.3 is 11.8 Å². The minimum atomic E-state index is -1.95. The van der Waals surface area contributed by atoms with E-state index in [-0.39, 0.29) is 30.7 Å². The van der Waals surface area contributed by atoms with Gasteiger partial charge in [0.1, 0.15) is 4.81 Å². The number of carbonyl (C=O) groups excluding carboxylic acids is 4. The van der Waals surface area contributed by atoms with Crippen LogP contribution < -0.4 is 0 Å². The predicted molar refractivity (Wildman–Crippen MR) is 43.5 cm³/mol. The van der Waals surface area contributed by atoms with Crippen molar-refractivity contribution in [1.29, 1.82) is 0 Å². The Hall–Kier alpha value is -1.64. The lowest BCUT2D eigenvalue weighted by Gasteiger charge is -2.19. The number of hydrogen-bond acceptors (Lipinski definition) is 6. The minimum Gasteiger partial charge on any atom is -0.272 e. The fourth-order valence-electron chi connectivity index (χ4n) is 1.51. The molecule has 1 N–H and O–H groups in total. The van der Waals surface area contributed by atoms with Crippen molar-refractivity contribution in [3.63, 3.8) is 0 Å². The lowest BCUT2D eigenvalue weighted by atomic mass is 10.4. The van der Waals surface area contributed by atoms with Crippen molar-refractivity contribution in [3.05, 3.63) is 0 Å². The van der Waals surface area contributed by atoms with Crippen molar-refractivity contribution in [3.8, 4) is 0 Å². The molecule has 8 heteroatoms.